The summed E-state index contributed by atoms with van der Waals surface area (Å²) in [6.45, 7) is 0. The van der Waals surface area contributed by atoms with E-state index >= 15 is 0 Å². The Balaban J connectivity index is 2.36. The van der Waals surface area contributed by atoms with Crippen LogP contribution in [0, 0.1) is 5.92 Å². The second-order valence-electron chi connectivity index (χ2n) is 3.36. The zero-order chi connectivity index (χ0) is 9.14. The van der Waals surface area contributed by atoms with Gasteiger partial charge in [-0.2, -0.15) is 0 Å². The van der Waals surface area contributed by atoms with Crippen molar-refractivity contribution in [3.8, 4) is 0 Å². The van der Waals surface area contributed by atoms with Crippen LogP contribution in [0.25, 0.3) is 0 Å². The van der Waals surface area contributed by atoms with E-state index in [1.807, 2.05) is 0 Å². The Bertz CT molecular complexity index is 168. The van der Waals surface area contributed by atoms with Gasteiger partial charge in [-0.1, -0.05) is 12.8 Å². The molecule has 0 heterocycles. The largest absolute Gasteiger partial charge is 0.479 e. The van der Waals surface area contributed by atoms with Crippen molar-refractivity contribution in [2.24, 2.45) is 5.92 Å². The zero-order valence-electron chi connectivity index (χ0n) is 7.16. The summed E-state index contributed by atoms with van der Waals surface area (Å²) in [5, 5.41) is 20.6. The van der Waals surface area contributed by atoms with Crippen LogP contribution in [0.1, 0.15) is 19.3 Å². The summed E-state index contributed by atoms with van der Waals surface area (Å²) in [7, 11) is 1.68. The summed E-state index contributed by atoms with van der Waals surface area (Å²) in [5.41, 5.74) is 0. The van der Waals surface area contributed by atoms with Gasteiger partial charge in [-0.25, -0.2) is 4.79 Å². The highest BCUT2D eigenvalue weighted by Crippen LogP contribution is 2.33. The van der Waals surface area contributed by atoms with Gasteiger partial charge < -0.3 is 15.5 Å². The summed E-state index contributed by atoms with van der Waals surface area (Å²) in [6.07, 6.45) is 1.84. The quantitative estimate of drug-likeness (QED) is 0.539. The smallest absolute Gasteiger partial charge is 0.334 e. The topological polar surface area (TPSA) is 69.6 Å². The molecule has 0 saturated heterocycles. The molecule has 0 aromatic carbocycles. The summed E-state index contributed by atoms with van der Waals surface area (Å²) >= 11 is 0. The number of nitrogens with one attached hydrogen (secondary N) is 1. The first-order chi connectivity index (χ1) is 5.65. The standard InChI is InChI=1S/C8H15NO3/c1-9-6(4-5-2-3-5)7(10)8(11)12/h5-7,9-10H,2-4H2,1H3,(H,11,12)/t6-,7?/m0/s1. The molecule has 3 N–H and O–H groups in total. The molecule has 0 aliphatic heterocycles. The Labute approximate surface area is 71.6 Å². The van der Waals surface area contributed by atoms with Crippen LogP contribution < -0.4 is 5.32 Å². The molecular weight excluding hydrogens is 158 g/mol. The third-order valence-electron chi connectivity index (χ3n) is 2.29. The number of carboxylic acids is 1. The van der Waals surface area contributed by atoms with Gasteiger partial charge in [0, 0.05) is 6.04 Å². The van der Waals surface area contributed by atoms with E-state index in [0.29, 0.717) is 5.92 Å². The Kier molecular flexibility index (Phi) is 3.05. The fraction of sp³-hybridized carbons (Fsp3) is 0.875. The van der Waals surface area contributed by atoms with E-state index in [0.717, 1.165) is 6.42 Å². The molecule has 4 nitrogen and oxygen atoms in total. The van der Waals surface area contributed by atoms with Gasteiger partial charge in [-0.05, 0) is 19.4 Å². The van der Waals surface area contributed by atoms with E-state index in [1.54, 1.807) is 7.05 Å². The van der Waals surface area contributed by atoms with Crippen LogP contribution in [0.3, 0.4) is 0 Å². The van der Waals surface area contributed by atoms with Crippen molar-refractivity contribution in [3.05, 3.63) is 0 Å². The van der Waals surface area contributed by atoms with Crippen LogP contribution in [0.4, 0.5) is 0 Å². The maximum absolute atomic E-state index is 10.4. The van der Waals surface area contributed by atoms with Crippen molar-refractivity contribution < 1.29 is 15.0 Å². The fourth-order valence-corrected chi connectivity index (χ4v) is 1.29. The Morgan fingerprint density at radius 3 is 2.58 bits per heavy atom. The summed E-state index contributed by atoms with van der Waals surface area (Å²) in [6, 6.07) is -0.296. The third-order valence-corrected chi connectivity index (χ3v) is 2.29. The number of hydrogen-bond donors (Lipinski definition) is 3. The first kappa shape index (κ1) is 9.48. The second kappa shape index (κ2) is 3.87. The Hall–Kier alpha value is -0.610. The summed E-state index contributed by atoms with van der Waals surface area (Å²) in [4.78, 5) is 10.4. The van der Waals surface area contributed by atoms with Gasteiger partial charge in [0.2, 0.25) is 0 Å². The minimum Gasteiger partial charge on any atom is -0.479 e. The number of carboxylic acid groups (broad SMARTS) is 1. The van der Waals surface area contributed by atoms with E-state index in [-0.39, 0.29) is 6.04 Å². The van der Waals surface area contributed by atoms with Crippen molar-refractivity contribution in [1.29, 1.82) is 0 Å². The van der Waals surface area contributed by atoms with Gasteiger partial charge >= 0.3 is 5.97 Å². The molecule has 2 atom stereocenters. The van der Waals surface area contributed by atoms with Crippen LogP contribution in [0.2, 0.25) is 0 Å². The first-order valence-corrected chi connectivity index (χ1v) is 4.23. The number of likely N-dealkylation sites (N-methyl/N-ethyl adjacent to an activating group) is 1. The molecule has 0 aromatic rings. The van der Waals surface area contributed by atoms with E-state index < -0.39 is 12.1 Å². The molecule has 1 unspecified atom stereocenters. The molecule has 1 saturated carbocycles. The predicted octanol–water partition coefficient (Wildman–Crippen LogP) is -0.180. The number of aliphatic hydroxyl groups is 1. The average Bonchev–Trinajstić information content (AvgIpc) is 2.82. The molecule has 0 aromatic heterocycles. The Morgan fingerprint density at radius 1 is 1.67 bits per heavy atom. The maximum Gasteiger partial charge on any atom is 0.334 e. The predicted molar refractivity (Wildman–Crippen MR) is 43.8 cm³/mol. The molecule has 1 aliphatic carbocycles. The molecule has 1 aliphatic rings. The lowest BCUT2D eigenvalue weighted by atomic mass is 10.1. The number of hydrogen-bond acceptors (Lipinski definition) is 3. The van der Waals surface area contributed by atoms with Gasteiger partial charge in [0.25, 0.3) is 0 Å². The highest BCUT2D eigenvalue weighted by atomic mass is 16.4. The molecule has 0 bridgehead atoms. The highest BCUT2D eigenvalue weighted by Gasteiger charge is 2.31. The molecule has 1 fully saturated rings. The van der Waals surface area contributed by atoms with Gasteiger partial charge in [-0.15, -0.1) is 0 Å². The van der Waals surface area contributed by atoms with Gasteiger partial charge in [-0.3, -0.25) is 0 Å². The lowest BCUT2D eigenvalue weighted by molar-refractivity contribution is -0.148. The number of aliphatic hydroxyl groups excluding tert-OH is 1. The van der Waals surface area contributed by atoms with Crippen LogP contribution in [0.5, 0.6) is 0 Å². The first-order valence-electron chi connectivity index (χ1n) is 4.23. The van der Waals surface area contributed by atoms with Crippen molar-refractivity contribution in [2.75, 3.05) is 7.05 Å². The molecule has 1 rings (SSSR count). The number of rotatable bonds is 5. The molecule has 70 valence electrons. The lowest BCUT2D eigenvalue weighted by Crippen LogP contribution is -2.42. The number of aliphatic carboxylic acids is 1. The van der Waals surface area contributed by atoms with Gasteiger partial charge in [0.05, 0.1) is 0 Å². The molecule has 4 heteroatoms. The molecule has 12 heavy (non-hydrogen) atoms. The van der Waals surface area contributed by atoms with E-state index in [4.69, 9.17) is 5.11 Å². The highest BCUT2D eigenvalue weighted by molar-refractivity contribution is 5.72. The van der Waals surface area contributed by atoms with Crippen LogP contribution in [-0.4, -0.2) is 35.4 Å². The fourth-order valence-electron chi connectivity index (χ4n) is 1.29. The monoisotopic (exact) mass is 173 g/mol. The Morgan fingerprint density at radius 2 is 2.25 bits per heavy atom. The van der Waals surface area contributed by atoms with Gasteiger partial charge in [0.1, 0.15) is 0 Å². The SMILES string of the molecule is CN[C@@H](CC1CC1)C(O)C(=O)O. The minimum atomic E-state index is -1.27. The van der Waals surface area contributed by atoms with Crippen LogP contribution in [-0.2, 0) is 4.79 Å². The van der Waals surface area contributed by atoms with E-state index in [2.05, 4.69) is 5.32 Å². The van der Waals surface area contributed by atoms with Crippen molar-refractivity contribution in [2.45, 2.75) is 31.4 Å². The number of carbonyl (C=O) groups is 1. The molecular formula is C8H15NO3. The van der Waals surface area contributed by atoms with Crippen LogP contribution in [0.15, 0.2) is 0 Å². The van der Waals surface area contributed by atoms with Crippen LogP contribution >= 0.6 is 0 Å². The van der Waals surface area contributed by atoms with Crippen molar-refractivity contribution in [1.82, 2.24) is 5.32 Å². The summed E-state index contributed by atoms with van der Waals surface area (Å²) < 4.78 is 0. The maximum atomic E-state index is 10.4. The molecule has 0 spiro atoms. The lowest BCUT2D eigenvalue weighted by Gasteiger charge is -2.18. The van der Waals surface area contributed by atoms with E-state index in [9.17, 15) is 9.90 Å². The average molecular weight is 173 g/mol. The molecule has 0 radical (unpaired) electrons. The minimum absolute atomic E-state index is 0.296. The van der Waals surface area contributed by atoms with E-state index in [1.165, 1.54) is 12.8 Å². The zero-order valence-corrected chi connectivity index (χ0v) is 7.16. The summed E-state index contributed by atoms with van der Waals surface area (Å²) in [5.74, 6) is -0.522. The van der Waals surface area contributed by atoms with Gasteiger partial charge in [0.15, 0.2) is 6.10 Å². The van der Waals surface area contributed by atoms with Crippen molar-refractivity contribution in [3.63, 3.8) is 0 Å². The normalized spacial score (nSPS) is 21.8. The molecule has 0 amide bonds. The third kappa shape index (κ3) is 2.46. The van der Waals surface area contributed by atoms with Crippen molar-refractivity contribution >= 4 is 5.97 Å². The second-order valence-corrected chi connectivity index (χ2v) is 3.36.